The minimum absolute atomic E-state index is 0.149. The fraction of sp³-hybridized carbons (Fsp3) is 0.909. The van der Waals surface area contributed by atoms with Crippen LogP contribution >= 0.6 is 0 Å². The van der Waals surface area contributed by atoms with Gasteiger partial charge in [0.1, 0.15) is 0 Å². The van der Waals surface area contributed by atoms with Crippen LogP contribution in [0, 0.1) is 22.7 Å². The molecule has 0 bridgehead atoms. The first kappa shape index (κ1) is 11.7. The van der Waals surface area contributed by atoms with Crippen molar-refractivity contribution in [1.29, 1.82) is 5.26 Å². The summed E-state index contributed by atoms with van der Waals surface area (Å²) in [5, 5.41) is 8.62. The molecular formula is C11H19NOS. The molecule has 0 heterocycles. The van der Waals surface area contributed by atoms with Crippen molar-refractivity contribution in [3.63, 3.8) is 0 Å². The van der Waals surface area contributed by atoms with Crippen LogP contribution in [0.4, 0.5) is 0 Å². The van der Waals surface area contributed by atoms with Gasteiger partial charge in [-0.15, -0.1) is 0 Å². The maximum absolute atomic E-state index is 11.7. The van der Waals surface area contributed by atoms with E-state index in [1.807, 2.05) is 0 Å². The largest absolute Gasteiger partial charge is 0.260 e. The van der Waals surface area contributed by atoms with Crippen LogP contribution < -0.4 is 0 Å². The van der Waals surface area contributed by atoms with E-state index in [1.165, 1.54) is 0 Å². The summed E-state index contributed by atoms with van der Waals surface area (Å²) in [6.07, 6.45) is 3.84. The van der Waals surface area contributed by atoms with Gasteiger partial charge in [0.05, 0.1) is 6.07 Å². The van der Waals surface area contributed by atoms with Gasteiger partial charge in [-0.3, -0.25) is 4.21 Å². The zero-order valence-corrected chi connectivity index (χ0v) is 9.90. The standard InChI is InChI=1S/C11H19NOS/c1-10(2)3-8-14(13)9-11(4-5-11)6-7-12/h10H,3-6,8-9H2,1-2H3. The lowest BCUT2D eigenvalue weighted by molar-refractivity contribution is 0.579. The molecule has 1 atom stereocenters. The Morgan fingerprint density at radius 2 is 2.14 bits per heavy atom. The predicted octanol–water partition coefficient (Wildman–Crippen LogP) is 2.48. The normalized spacial score (nSPS) is 20.4. The lowest BCUT2D eigenvalue weighted by atomic mass is 10.1. The van der Waals surface area contributed by atoms with Crippen LogP contribution in [0.3, 0.4) is 0 Å². The van der Waals surface area contributed by atoms with Gasteiger partial charge in [-0.05, 0) is 30.6 Å². The lowest BCUT2D eigenvalue weighted by Crippen LogP contribution is -2.14. The average molecular weight is 213 g/mol. The molecule has 1 unspecified atom stereocenters. The van der Waals surface area contributed by atoms with Crippen LogP contribution in [0.25, 0.3) is 0 Å². The van der Waals surface area contributed by atoms with E-state index < -0.39 is 10.8 Å². The number of hydrogen-bond acceptors (Lipinski definition) is 2. The average Bonchev–Trinajstić information content (AvgIpc) is 2.82. The second kappa shape index (κ2) is 4.93. The van der Waals surface area contributed by atoms with Crippen molar-refractivity contribution in [2.45, 2.75) is 39.5 Å². The highest BCUT2D eigenvalue weighted by molar-refractivity contribution is 7.85. The second-order valence-electron chi connectivity index (χ2n) is 4.81. The van der Waals surface area contributed by atoms with E-state index in [2.05, 4.69) is 19.9 Å². The van der Waals surface area contributed by atoms with E-state index in [9.17, 15) is 4.21 Å². The fourth-order valence-electron chi connectivity index (χ4n) is 1.50. The van der Waals surface area contributed by atoms with E-state index in [4.69, 9.17) is 5.26 Å². The number of rotatable bonds is 6. The Kier molecular flexibility index (Phi) is 4.12. The molecule has 0 aliphatic heterocycles. The molecule has 0 aromatic heterocycles. The van der Waals surface area contributed by atoms with Crippen molar-refractivity contribution in [3.8, 4) is 6.07 Å². The lowest BCUT2D eigenvalue weighted by Gasteiger charge is -2.10. The van der Waals surface area contributed by atoms with Gasteiger partial charge in [0.25, 0.3) is 0 Å². The Morgan fingerprint density at radius 3 is 2.57 bits per heavy atom. The Bertz CT molecular complexity index is 251. The quantitative estimate of drug-likeness (QED) is 0.680. The third-order valence-corrected chi connectivity index (χ3v) is 4.43. The van der Waals surface area contributed by atoms with Crippen LogP contribution in [0.5, 0.6) is 0 Å². The van der Waals surface area contributed by atoms with Gasteiger partial charge in [-0.2, -0.15) is 5.26 Å². The van der Waals surface area contributed by atoms with Crippen LogP contribution in [0.1, 0.15) is 39.5 Å². The third kappa shape index (κ3) is 3.79. The second-order valence-corrected chi connectivity index (χ2v) is 6.38. The molecule has 0 radical (unpaired) electrons. The van der Waals surface area contributed by atoms with E-state index in [0.717, 1.165) is 30.8 Å². The highest BCUT2D eigenvalue weighted by Gasteiger charge is 2.43. The van der Waals surface area contributed by atoms with Crippen LogP contribution in [0.15, 0.2) is 0 Å². The molecule has 0 amide bonds. The molecule has 0 saturated heterocycles. The summed E-state index contributed by atoms with van der Waals surface area (Å²) in [7, 11) is -0.700. The van der Waals surface area contributed by atoms with Gasteiger partial charge in [-0.25, -0.2) is 0 Å². The molecule has 1 aliphatic rings. The summed E-state index contributed by atoms with van der Waals surface area (Å²) < 4.78 is 11.7. The first-order valence-electron chi connectivity index (χ1n) is 5.30. The molecule has 0 aromatic carbocycles. The van der Waals surface area contributed by atoms with Crippen molar-refractivity contribution in [2.75, 3.05) is 11.5 Å². The molecule has 1 saturated carbocycles. The Morgan fingerprint density at radius 1 is 1.50 bits per heavy atom. The van der Waals surface area contributed by atoms with Crippen molar-refractivity contribution in [2.24, 2.45) is 11.3 Å². The Hall–Kier alpha value is -0.360. The molecule has 0 N–H and O–H groups in total. The first-order chi connectivity index (χ1) is 6.58. The molecule has 2 nitrogen and oxygen atoms in total. The summed E-state index contributed by atoms with van der Waals surface area (Å²) in [6, 6.07) is 2.21. The Labute approximate surface area is 89.1 Å². The molecule has 0 spiro atoms. The Balaban J connectivity index is 2.24. The fourth-order valence-corrected chi connectivity index (χ4v) is 3.45. The van der Waals surface area contributed by atoms with Gasteiger partial charge in [0.2, 0.25) is 0 Å². The SMILES string of the molecule is CC(C)CCS(=O)CC1(CC#N)CC1. The molecule has 1 rings (SSSR count). The van der Waals surface area contributed by atoms with E-state index in [0.29, 0.717) is 12.3 Å². The van der Waals surface area contributed by atoms with Gasteiger partial charge in [-0.1, -0.05) is 13.8 Å². The number of hydrogen-bond donors (Lipinski definition) is 0. The molecule has 14 heavy (non-hydrogen) atoms. The maximum atomic E-state index is 11.7. The molecule has 1 aliphatic carbocycles. The topological polar surface area (TPSA) is 40.9 Å². The maximum Gasteiger partial charge on any atom is 0.0627 e. The molecule has 1 fully saturated rings. The third-order valence-electron chi connectivity index (χ3n) is 2.80. The van der Waals surface area contributed by atoms with Gasteiger partial charge in [0, 0.05) is 28.7 Å². The van der Waals surface area contributed by atoms with Gasteiger partial charge < -0.3 is 0 Å². The van der Waals surface area contributed by atoms with E-state index in [-0.39, 0.29) is 5.41 Å². The first-order valence-corrected chi connectivity index (χ1v) is 6.79. The zero-order chi connectivity index (χ0) is 10.6. The summed E-state index contributed by atoms with van der Waals surface area (Å²) in [5.41, 5.74) is 0.149. The summed E-state index contributed by atoms with van der Waals surface area (Å²) in [6.45, 7) is 4.30. The zero-order valence-electron chi connectivity index (χ0n) is 9.08. The molecule has 0 aromatic rings. The van der Waals surface area contributed by atoms with Crippen LogP contribution in [-0.2, 0) is 10.8 Å². The summed E-state index contributed by atoms with van der Waals surface area (Å²) in [4.78, 5) is 0. The smallest absolute Gasteiger partial charge is 0.0627 e. The van der Waals surface area contributed by atoms with E-state index >= 15 is 0 Å². The minimum Gasteiger partial charge on any atom is -0.260 e. The van der Waals surface area contributed by atoms with Crippen LogP contribution in [-0.4, -0.2) is 15.7 Å². The van der Waals surface area contributed by atoms with Gasteiger partial charge in [0.15, 0.2) is 0 Å². The van der Waals surface area contributed by atoms with Crippen LogP contribution in [0.2, 0.25) is 0 Å². The molecule has 80 valence electrons. The molecular weight excluding hydrogens is 194 g/mol. The van der Waals surface area contributed by atoms with Crippen molar-refractivity contribution >= 4 is 10.8 Å². The minimum atomic E-state index is -0.700. The number of nitriles is 1. The molecule has 3 heteroatoms. The van der Waals surface area contributed by atoms with Gasteiger partial charge >= 0.3 is 0 Å². The highest BCUT2D eigenvalue weighted by atomic mass is 32.2. The van der Waals surface area contributed by atoms with Crippen molar-refractivity contribution < 1.29 is 4.21 Å². The predicted molar refractivity (Wildman–Crippen MR) is 59.2 cm³/mol. The van der Waals surface area contributed by atoms with Crippen molar-refractivity contribution in [1.82, 2.24) is 0 Å². The highest BCUT2D eigenvalue weighted by Crippen LogP contribution is 2.49. The monoisotopic (exact) mass is 213 g/mol. The van der Waals surface area contributed by atoms with E-state index in [1.54, 1.807) is 0 Å². The number of nitrogens with zero attached hydrogens (tertiary/aromatic N) is 1. The summed E-state index contributed by atoms with van der Waals surface area (Å²) in [5.74, 6) is 2.20. The van der Waals surface area contributed by atoms with Crippen molar-refractivity contribution in [3.05, 3.63) is 0 Å². The summed E-state index contributed by atoms with van der Waals surface area (Å²) >= 11 is 0.